The third-order valence-corrected chi connectivity index (χ3v) is 4.25. The number of para-hydroxylation sites is 1. The van der Waals surface area contributed by atoms with Gasteiger partial charge in [-0.25, -0.2) is 21.6 Å². The molecule has 0 aliphatic carbocycles. The molecule has 0 bridgehead atoms. The third kappa shape index (κ3) is 4.29. The van der Waals surface area contributed by atoms with Crippen LogP contribution in [0, 0.1) is 28.8 Å². The van der Waals surface area contributed by atoms with Crippen LogP contribution < -0.4 is 15.0 Å². The second-order valence-electron chi connectivity index (χ2n) is 4.72. The SMILES string of the molecule is N#Cc1ccccc1OCC(=O)NNS(=O)(=O)c1ccc(F)c(F)c1F. The Balaban J connectivity index is 2.01. The zero-order valence-electron chi connectivity index (χ0n) is 12.8. The topological polar surface area (TPSA) is 108 Å². The molecule has 0 radical (unpaired) electrons. The largest absolute Gasteiger partial charge is 0.482 e. The minimum absolute atomic E-state index is 0.0969. The maximum Gasteiger partial charge on any atom is 0.272 e. The van der Waals surface area contributed by atoms with Crippen molar-refractivity contribution < 1.29 is 31.1 Å². The van der Waals surface area contributed by atoms with Crippen LogP contribution in [0.2, 0.25) is 0 Å². The van der Waals surface area contributed by atoms with Gasteiger partial charge in [-0.05, 0) is 24.3 Å². The van der Waals surface area contributed by atoms with Crippen molar-refractivity contribution in [1.29, 1.82) is 5.26 Å². The summed E-state index contributed by atoms with van der Waals surface area (Å²) < 4.78 is 68.3. The van der Waals surface area contributed by atoms with E-state index in [1.807, 2.05) is 6.07 Å². The van der Waals surface area contributed by atoms with Crippen molar-refractivity contribution in [3.05, 3.63) is 59.4 Å². The molecule has 26 heavy (non-hydrogen) atoms. The highest BCUT2D eigenvalue weighted by Gasteiger charge is 2.24. The summed E-state index contributed by atoms with van der Waals surface area (Å²) >= 11 is 0. The van der Waals surface area contributed by atoms with Gasteiger partial charge in [-0.1, -0.05) is 12.1 Å². The highest BCUT2D eigenvalue weighted by molar-refractivity contribution is 7.89. The minimum atomic E-state index is -4.69. The number of ether oxygens (including phenoxy) is 1. The van der Waals surface area contributed by atoms with Crippen LogP contribution in [0.1, 0.15) is 5.56 Å². The predicted molar refractivity (Wildman–Crippen MR) is 81.4 cm³/mol. The van der Waals surface area contributed by atoms with Crippen molar-refractivity contribution in [2.75, 3.05) is 6.61 Å². The van der Waals surface area contributed by atoms with Gasteiger partial charge in [-0.3, -0.25) is 10.2 Å². The Bertz CT molecular complexity index is 990. The molecule has 0 saturated carbocycles. The van der Waals surface area contributed by atoms with E-state index in [0.717, 1.165) is 0 Å². The van der Waals surface area contributed by atoms with Crippen LogP contribution in [0.5, 0.6) is 5.75 Å². The van der Waals surface area contributed by atoms with Crippen LogP contribution in [-0.2, 0) is 14.8 Å². The molecule has 2 N–H and O–H groups in total. The average molecular weight is 385 g/mol. The molecule has 0 atom stereocenters. The van der Waals surface area contributed by atoms with Crippen LogP contribution in [0.15, 0.2) is 41.3 Å². The number of nitrogens with one attached hydrogen (secondary N) is 2. The number of amides is 1. The Morgan fingerprint density at radius 3 is 2.50 bits per heavy atom. The third-order valence-electron chi connectivity index (χ3n) is 2.98. The monoisotopic (exact) mass is 385 g/mol. The number of carbonyl (C=O) groups is 1. The molecular formula is C15H10F3N3O4S. The van der Waals surface area contributed by atoms with Crippen LogP contribution >= 0.6 is 0 Å². The fraction of sp³-hybridized carbons (Fsp3) is 0.0667. The molecule has 0 spiro atoms. The van der Waals surface area contributed by atoms with Gasteiger partial charge in [0.2, 0.25) is 0 Å². The molecule has 1 amide bonds. The lowest BCUT2D eigenvalue weighted by Crippen LogP contribution is -2.44. The molecule has 2 aromatic carbocycles. The number of hydrazine groups is 1. The van der Waals surface area contributed by atoms with Gasteiger partial charge in [0, 0.05) is 0 Å². The van der Waals surface area contributed by atoms with E-state index in [0.29, 0.717) is 12.1 Å². The second kappa shape index (κ2) is 7.85. The highest BCUT2D eigenvalue weighted by atomic mass is 32.2. The summed E-state index contributed by atoms with van der Waals surface area (Å²) in [7, 11) is -4.69. The van der Waals surface area contributed by atoms with E-state index in [1.54, 1.807) is 17.6 Å². The van der Waals surface area contributed by atoms with E-state index >= 15 is 0 Å². The van der Waals surface area contributed by atoms with Gasteiger partial charge >= 0.3 is 0 Å². The van der Waals surface area contributed by atoms with Crippen LogP contribution in [0.4, 0.5) is 13.2 Å². The number of rotatable bonds is 6. The summed E-state index contributed by atoms with van der Waals surface area (Å²) in [6, 6.07) is 8.77. The Hall–Kier alpha value is -3.10. The number of nitriles is 1. The van der Waals surface area contributed by atoms with Crippen molar-refractivity contribution in [1.82, 2.24) is 10.3 Å². The number of sulfonamides is 1. The molecule has 0 unspecified atom stereocenters. The molecule has 0 fully saturated rings. The molecule has 136 valence electrons. The second-order valence-corrected chi connectivity index (χ2v) is 6.37. The molecule has 7 nitrogen and oxygen atoms in total. The van der Waals surface area contributed by atoms with Crippen molar-refractivity contribution >= 4 is 15.9 Å². The van der Waals surface area contributed by atoms with E-state index in [9.17, 15) is 26.4 Å². The quantitative estimate of drug-likeness (QED) is 0.577. The molecule has 0 aliphatic rings. The van der Waals surface area contributed by atoms with Crippen molar-refractivity contribution in [2.24, 2.45) is 0 Å². The smallest absolute Gasteiger partial charge is 0.272 e. The molecule has 0 saturated heterocycles. The van der Waals surface area contributed by atoms with Crippen LogP contribution in [0.3, 0.4) is 0 Å². The first-order valence-corrected chi connectivity index (χ1v) is 8.30. The number of hydrogen-bond acceptors (Lipinski definition) is 5. The lowest BCUT2D eigenvalue weighted by atomic mass is 10.2. The lowest BCUT2D eigenvalue weighted by molar-refractivity contribution is -0.123. The average Bonchev–Trinajstić information content (AvgIpc) is 2.62. The lowest BCUT2D eigenvalue weighted by Gasteiger charge is -2.11. The Morgan fingerprint density at radius 2 is 1.81 bits per heavy atom. The zero-order valence-corrected chi connectivity index (χ0v) is 13.6. The number of nitrogens with zero attached hydrogens (tertiary/aromatic N) is 1. The van der Waals surface area contributed by atoms with E-state index in [2.05, 4.69) is 0 Å². The summed E-state index contributed by atoms with van der Waals surface area (Å²) in [6.07, 6.45) is 0. The Kier molecular flexibility index (Phi) is 5.81. The summed E-state index contributed by atoms with van der Waals surface area (Å²) in [4.78, 5) is 12.0. The van der Waals surface area contributed by atoms with Gasteiger partial charge in [-0.2, -0.15) is 5.26 Å². The molecule has 11 heteroatoms. The molecule has 0 aromatic heterocycles. The Morgan fingerprint density at radius 1 is 1.12 bits per heavy atom. The van der Waals surface area contributed by atoms with Gasteiger partial charge in [-0.15, -0.1) is 4.83 Å². The molecule has 0 aliphatic heterocycles. The molecular weight excluding hydrogens is 375 g/mol. The Labute approximate surface area is 146 Å². The fourth-order valence-corrected chi connectivity index (χ4v) is 2.69. The van der Waals surface area contributed by atoms with Crippen LogP contribution in [0.25, 0.3) is 0 Å². The maximum absolute atomic E-state index is 13.5. The van der Waals surface area contributed by atoms with Crippen molar-refractivity contribution in [3.63, 3.8) is 0 Å². The van der Waals surface area contributed by atoms with Gasteiger partial charge in [0.05, 0.1) is 5.56 Å². The highest BCUT2D eigenvalue weighted by Crippen LogP contribution is 2.19. The predicted octanol–water partition coefficient (Wildman–Crippen LogP) is 1.36. The molecule has 0 heterocycles. The summed E-state index contributed by atoms with van der Waals surface area (Å²) in [5.74, 6) is -6.33. The minimum Gasteiger partial charge on any atom is -0.482 e. The van der Waals surface area contributed by atoms with E-state index in [4.69, 9.17) is 10.00 Å². The normalized spacial score (nSPS) is 10.8. The van der Waals surface area contributed by atoms with E-state index in [-0.39, 0.29) is 11.3 Å². The van der Waals surface area contributed by atoms with E-state index < -0.39 is 44.9 Å². The van der Waals surface area contributed by atoms with Gasteiger partial charge in [0.1, 0.15) is 16.7 Å². The van der Waals surface area contributed by atoms with Crippen molar-refractivity contribution in [2.45, 2.75) is 4.90 Å². The fourth-order valence-electron chi connectivity index (χ4n) is 1.76. The van der Waals surface area contributed by atoms with Gasteiger partial charge in [0.25, 0.3) is 15.9 Å². The first kappa shape index (κ1) is 19.2. The summed E-state index contributed by atoms with van der Waals surface area (Å²) in [5.41, 5.74) is 1.88. The van der Waals surface area contributed by atoms with E-state index in [1.165, 1.54) is 17.0 Å². The first-order chi connectivity index (χ1) is 12.3. The van der Waals surface area contributed by atoms with Crippen molar-refractivity contribution in [3.8, 4) is 11.8 Å². The number of carbonyl (C=O) groups excluding carboxylic acids is 1. The zero-order chi connectivity index (χ0) is 19.3. The number of benzene rings is 2. The van der Waals surface area contributed by atoms with Crippen LogP contribution in [-0.4, -0.2) is 20.9 Å². The summed E-state index contributed by atoms with van der Waals surface area (Å²) in [6.45, 7) is -0.665. The molecule has 2 rings (SSSR count). The number of halogens is 3. The van der Waals surface area contributed by atoms with Gasteiger partial charge in [0.15, 0.2) is 24.1 Å². The van der Waals surface area contributed by atoms with Gasteiger partial charge < -0.3 is 4.74 Å². The number of hydrogen-bond donors (Lipinski definition) is 2. The first-order valence-electron chi connectivity index (χ1n) is 6.82. The summed E-state index contributed by atoms with van der Waals surface area (Å²) in [5, 5.41) is 8.87. The maximum atomic E-state index is 13.5. The standard InChI is InChI=1S/C15H10F3N3O4S/c16-10-5-6-12(15(18)14(10)17)26(23,24)21-20-13(22)8-25-11-4-2-1-3-9(11)7-19/h1-6,21H,8H2,(H,20,22). The molecule has 2 aromatic rings.